The smallest absolute Gasteiger partial charge is 0.518 e. The molecule has 0 aromatic heterocycles. The Morgan fingerprint density at radius 1 is 0.581 bits per heavy atom. The Bertz CT molecular complexity index is 3300. The minimum Gasteiger partial charge on any atom is -0.518 e. The maximum absolute atomic E-state index is 15.6. The predicted octanol–water partition coefficient (Wildman–Crippen LogP) is 19.9. The molecule has 0 amide bonds. The van der Waals surface area contributed by atoms with Crippen LogP contribution < -0.4 is 42.5 Å². The van der Waals surface area contributed by atoms with Crippen LogP contribution in [0.1, 0.15) is 143 Å². The zero-order valence-corrected chi connectivity index (χ0v) is 71.8. The molecule has 5 aromatic rings. The van der Waals surface area contributed by atoms with Gasteiger partial charge in [-0.2, -0.15) is 4.39 Å². The van der Waals surface area contributed by atoms with Gasteiger partial charge in [-0.1, -0.05) is 151 Å². The molecular formula is C84H122ClF3ILiO13Si2. The summed E-state index contributed by atoms with van der Waals surface area (Å²) >= 11 is 7.96. The van der Waals surface area contributed by atoms with E-state index in [1.165, 1.54) is 0 Å². The SMILES string of the molecule is CC1=C(F)C(=O)OCC1.COc1ccc(CCl)cc1.COc1ccc(COCC/C(C)=C(/F)C(/C=C\CCO[Si](C)(C)C(C)(C)C)OCc2ccc(OC)cc2)cc1.COc1ccc(COCC/C(C)=C(/F)C(OCc2ccc(OC)cc2)[C@@H](C)[C@@H](C)CCI)cc1.[CH-]=CCCO[Si](C)(C)C(C)(C)C.[Li+]. The Balaban J connectivity index is 0.000000744. The average Bonchev–Trinajstić information content (AvgIpc) is 0.869. The predicted molar refractivity (Wildman–Crippen MR) is 433 cm³/mol. The van der Waals surface area contributed by atoms with Crippen LogP contribution in [0.25, 0.3) is 0 Å². The summed E-state index contributed by atoms with van der Waals surface area (Å²) in [4.78, 5) is 10.3. The fourth-order valence-electron chi connectivity index (χ4n) is 8.99. The first kappa shape index (κ1) is 97.9. The number of benzene rings is 5. The van der Waals surface area contributed by atoms with Crippen LogP contribution in [0.15, 0.2) is 174 Å². The number of esters is 1. The van der Waals surface area contributed by atoms with Gasteiger partial charge in [-0.05, 0) is 211 Å². The van der Waals surface area contributed by atoms with Crippen molar-refractivity contribution < 1.29 is 93.0 Å². The fourth-order valence-corrected chi connectivity index (χ4v) is 12.3. The number of halogens is 5. The largest absolute Gasteiger partial charge is 1.00 e. The summed E-state index contributed by atoms with van der Waals surface area (Å²) in [6.45, 7) is 41.3. The number of cyclic esters (lactones) is 1. The first-order chi connectivity index (χ1) is 49.2. The van der Waals surface area contributed by atoms with Crippen molar-refractivity contribution in [3.63, 3.8) is 0 Å². The van der Waals surface area contributed by atoms with Gasteiger partial charge in [0.25, 0.3) is 0 Å². The standard InChI is InChI=1S/C32H47FO5Si.C28H38FIO4.C10H21OSi.C8H9ClO.C6H7FO2.Li/c1-25(20-22-36-23-26-12-16-28(34-5)17-13-26)31(33)30(37-24-27-14-18-29(35-6)19-15-27)11-9-10-21-38-39(7,8)32(2,3)4;1-20(14-16-30)22(3)28(34-19-24-8-12-26(32-5)13-9-24)27(29)21(2)15-17-33-18-23-6-10-25(31-4)11-7-23;1-7-8-9-11-12(5,6)10(2,3)4;1-10-8-4-2-7(6-9)3-5-8;1-4-2-3-9-6(8)5(4)7;/h9,11-19,30H,10,20-24H2,1-8H3;6-13,20,22,28H,14-19H2,1-5H3;1,7H,8-9H2,2-6H3;2-5H,6H2,1H3;2-3H2,1H3;/q;;-1;;;+1/b11-9-,31-25+;27-21+;;;;/t;20-,22-,28?;;;;/m.0..../s1. The van der Waals surface area contributed by atoms with E-state index in [1.807, 2.05) is 134 Å². The van der Waals surface area contributed by atoms with Crippen molar-refractivity contribution in [3.8, 4) is 28.7 Å². The Kier molecular flexibility index (Phi) is 49.3. The van der Waals surface area contributed by atoms with Crippen LogP contribution in [-0.2, 0) is 69.6 Å². The topological polar surface area (TPSA) is 128 Å². The normalized spacial score (nSPS) is 14.0. The molecule has 13 nitrogen and oxygen atoms in total. The van der Waals surface area contributed by atoms with Gasteiger partial charge in [0.1, 0.15) is 52.6 Å². The molecule has 2 unspecified atom stereocenters. The van der Waals surface area contributed by atoms with Gasteiger partial charge < -0.3 is 62.8 Å². The third kappa shape index (κ3) is 38.7. The molecule has 580 valence electrons. The quantitative estimate of drug-likeness (QED) is 0.00712. The molecule has 0 spiro atoms. The van der Waals surface area contributed by atoms with Crippen LogP contribution >= 0.6 is 34.2 Å². The summed E-state index contributed by atoms with van der Waals surface area (Å²) in [5.41, 5.74) is 6.95. The molecule has 1 heterocycles. The average molecular weight is 1620 g/mol. The second-order valence-corrected chi connectivity index (χ2v) is 39.4. The van der Waals surface area contributed by atoms with E-state index in [-0.39, 0.29) is 48.1 Å². The van der Waals surface area contributed by atoms with Gasteiger partial charge in [0.15, 0.2) is 16.6 Å². The summed E-state index contributed by atoms with van der Waals surface area (Å²) in [5.74, 6) is 3.03. The van der Waals surface area contributed by atoms with Crippen LogP contribution in [0.2, 0.25) is 36.3 Å². The number of hydrogen-bond donors (Lipinski definition) is 0. The van der Waals surface area contributed by atoms with Gasteiger partial charge in [0.05, 0.1) is 81.8 Å². The molecule has 105 heavy (non-hydrogen) atoms. The van der Waals surface area contributed by atoms with Gasteiger partial charge in [-0.15, -0.1) is 11.6 Å². The number of hydrogen-bond acceptors (Lipinski definition) is 13. The first-order valence-electron chi connectivity index (χ1n) is 35.6. The summed E-state index contributed by atoms with van der Waals surface area (Å²) in [5, 5.41) is 0.462. The van der Waals surface area contributed by atoms with Crippen molar-refractivity contribution in [1.82, 2.24) is 0 Å². The van der Waals surface area contributed by atoms with Gasteiger partial charge in [0, 0.05) is 25.5 Å². The maximum atomic E-state index is 15.6. The molecule has 0 N–H and O–H groups in total. The van der Waals surface area contributed by atoms with Crippen LogP contribution in [0.4, 0.5) is 13.2 Å². The summed E-state index contributed by atoms with van der Waals surface area (Å²) < 4.78 is 111. The van der Waals surface area contributed by atoms with E-state index in [9.17, 15) is 9.18 Å². The summed E-state index contributed by atoms with van der Waals surface area (Å²) in [6.07, 6.45) is 8.17. The zero-order chi connectivity index (χ0) is 77.9. The Labute approximate surface area is 662 Å². The minimum atomic E-state index is -1.82. The van der Waals surface area contributed by atoms with Gasteiger partial charge in [0.2, 0.25) is 5.83 Å². The summed E-state index contributed by atoms with van der Waals surface area (Å²) in [6, 6.07) is 38.5. The number of alkyl halides is 2. The van der Waals surface area contributed by atoms with Gasteiger partial charge in [-0.3, -0.25) is 6.08 Å². The molecule has 1 aliphatic rings. The van der Waals surface area contributed by atoms with Crippen LogP contribution in [0, 0.1) is 18.4 Å². The number of methoxy groups -OCH3 is 5. The zero-order valence-electron chi connectivity index (χ0n) is 66.9. The second kappa shape index (κ2) is 52.8. The minimum absolute atomic E-state index is 0. The van der Waals surface area contributed by atoms with Gasteiger partial charge in [-0.25, -0.2) is 13.6 Å². The van der Waals surface area contributed by atoms with E-state index in [0.717, 1.165) is 80.4 Å². The fraction of sp³-hybridized carbons (Fsp3) is 0.512. The van der Waals surface area contributed by atoms with Crippen molar-refractivity contribution in [1.29, 1.82) is 0 Å². The monoisotopic (exact) mass is 1620 g/mol. The van der Waals surface area contributed by atoms with Crippen molar-refractivity contribution in [2.24, 2.45) is 11.8 Å². The molecule has 0 bridgehead atoms. The van der Waals surface area contributed by atoms with E-state index in [1.54, 1.807) is 61.5 Å². The van der Waals surface area contributed by atoms with E-state index >= 15 is 8.78 Å². The molecule has 6 rings (SSSR count). The first-order valence-corrected chi connectivity index (χ1v) is 43.5. The molecule has 0 aliphatic carbocycles. The third-order valence-electron chi connectivity index (χ3n) is 18.5. The Morgan fingerprint density at radius 3 is 1.29 bits per heavy atom. The molecule has 1 aliphatic heterocycles. The van der Waals surface area contributed by atoms with E-state index in [4.69, 9.17) is 69.7 Å². The van der Waals surface area contributed by atoms with Gasteiger partial charge >= 0.3 is 24.8 Å². The molecule has 4 atom stereocenters. The van der Waals surface area contributed by atoms with Crippen LogP contribution in [0.3, 0.4) is 0 Å². The molecule has 0 radical (unpaired) electrons. The van der Waals surface area contributed by atoms with Crippen molar-refractivity contribution in [2.75, 3.05) is 73.0 Å². The molecule has 21 heteroatoms. The van der Waals surface area contributed by atoms with Crippen molar-refractivity contribution in [2.45, 2.75) is 195 Å². The van der Waals surface area contributed by atoms with Crippen LogP contribution in [-0.4, -0.2) is 108 Å². The maximum Gasteiger partial charge on any atom is 1.00 e. The van der Waals surface area contributed by atoms with E-state index in [2.05, 4.69) is 109 Å². The molecule has 0 saturated carbocycles. The van der Waals surface area contributed by atoms with E-state index in [0.29, 0.717) is 105 Å². The second-order valence-electron chi connectivity index (χ2n) is 28.5. The molecular weight excluding hydrogens is 1500 g/mol. The molecule has 0 fully saturated rings. The Morgan fingerprint density at radius 2 is 0.943 bits per heavy atom. The number of carbonyl (C=O) groups is 1. The van der Waals surface area contributed by atoms with E-state index < -0.39 is 40.6 Å². The Hall–Kier alpha value is -5.13. The number of ether oxygens (including phenoxy) is 10. The molecule has 0 saturated heterocycles. The number of carbonyl (C=O) groups excluding carboxylic acids is 1. The third-order valence-corrected chi connectivity index (χ3v) is 28.5. The number of rotatable bonds is 37. The van der Waals surface area contributed by atoms with Crippen molar-refractivity contribution in [3.05, 3.63) is 208 Å². The van der Waals surface area contributed by atoms with Crippen LogP contribution in [0.5, 0.6) is 28.7 Å². The van der Waals surface area contributed by atoms with Crippen molar-refractivity contribution >= 4 is 56.8 Å². The molecule has 5 aromatic carbocycles. The summed E-state index contributed by atoms with van der Waals surface area (Å²) in [7, 11) is 4.87.